The molecule has 1 aromatic rings. The van der Waals surface area contributed by atoms with Gasteiger partial charge in [0.1, 0.15) is 11.5 Å². The summed E-state index contributed by atoms with van der Waals surface area (Å²) in [5.41, 5.74) is 2.71. The van der Waals surface area contributed by atoms with Gasteiger partial charge in [0.15, 0.2) is 0 Å². The first-order valence-electron chi connectivity index (χ1n) is 9.25. The van der Waals surface area contributed by atoms with E-state index < -0.39 is 0 Å². The van der Waals surface area contributed by atoms with Gasteiger partial charge in [0, 0.05) is 11.3 Å². The molecule has 0 aliphatic heterocycles. The summed E-state index contributed by atoms with van der Waals surface area (Å²) < 4.78 is 3.86. The number of phenolic OH excluding ortho intramolecular Hbond substituents is 1. The normalized spacial score (nSPS) is 35.6. The van der Waals surface area contributed by atoms with E-state index in [9.17, 15) is 9.90 Å². The van der Waals surface area contributed by atoms with E-state index >= 15 is 0 Å². The van der Waals surface area contributed by atoms with Gasteiger partial charge in [-0.3, -0.25) is 9.59 Å². The van der Waals surface area contributed by atoms with Gasteiger partial charge in [0.05, 0.1) is 7.11 Å². The number of benzene rings is 1. The molecule has 4 rings (SSSR count). The molecule has 4 heteroatoms. The predicted molar refractivity (Wildman–Crippen MR) is 95.4 cm³/mol. The standard InChI is InChI=1S/C19H24O2.C2H4O2/c1-11-9-17-16-5-3-12-10-13(20)4-6-14(12)15(16)7-8-19(17,2)18(11)21;1-4-2-3/h4,6,10-11,15-17,20H,3,5,7-9H2,1-2H3;2H,1H3. The molecule has 4 nitrogen and oxygen atoms in total. The minimum absolute atomic E-state index is 0.0605. The lowest BCUT2D eigenvalue weighted by Crippen LogP contribution is -2.42. The number of phenols is 1. The van der Waals surface area contributed by atoms with Crippen LogP contribution in [0.25, 0.3) is 0 Å². The van der Waals surface area contributed by atoms with Gasteiger partial charge in [-0.05, 0) is 73.1 Å². The zero-order chi connectivity index (χ0) is 18.2. The largest absolute Gasteiger partial charge is 0.508 e. The summed E-state index contributed by atoms with van der Waals surface area (Å²) in [6.07, 6.45) is 5.50. The maximum Gasteiger partial charge on any atom is 0.292 e. The van der Waals surface area contributed by atoms with Crippen molar-refractivity contribution in [3.05, 3.63) is 29.3 Å². The predicted octanol–water partition coefficient (Wildman–Crippen LogP) is 3.85. The topological polar surface area (TPSA) is 63.6 Å². The number of ether oxygens (including phenoxy) is 1. The molecule has 0 bridgehead atoms. The molecule has 1 N–H and O–H groups in total. The lowest BCUT2D eigenvalue weighted by atomic mass is 9.55. The van der Waals surface area contributed by atoms with E-state index in [0.717, 1.165) is 25.7 Å². The van der Waals surface area contributed by atoms with Crippen molar-refractivity contribution in [2.24, 2.45) is 23.2 Å². The van der Waals surface area contributed by atoms with Gasteiger partial charge < -0.3 is 9.84 Å². The van der Waals surface area contributed by atoms with Crippen LogP contribution in [0.5, 0.6) is 5.75 Å². The van der Waals surface area contributed by atoms with Gasteiger partial charge in [-0.25, -0.2) is 0 Å². The summed E-state index contributed by atoms with van der Waals surface area (Å²) in [6.45, 7) is 4.72. The summed E-state index contributed by atoms with van der Waals surface area (Å²) >= 11 is 0. The Labute approximate surface area is 149 Å². The molecule has 1 aromatic carbocycles. The Morgan fingerprint density at radius 2 is 2.04 bits per heavy atom. The third kappa shape index (κ3) is 2.96. The minimum atomic E-state index is -0.0605. The Morgan fingerprint density at radius 3 is 2.72 bits per heavy atom. The van der Waals surface area contributed by atoms with E-state index in [2.05, 4.69) is 24.7 Å². The van der Waals surface area contributed by atoms with Crippen LogP contribution in [0.2, 0.25) is 0 Å². The van der Waals surface area contributed by atoms with Crippen molar-refractivity contribution < 1.29 is 19.4 Å². The molecular weight excluding hydrogens is 316 g/mol. The molecule has 0 radical (unpaired) electrons. The first kappa shape index (κ1) is 18.0. The molecule has 0 heterocycles. The fourth-order valence-electron chi connectivity index (χ4n) is 5.68. The van der Waals surface area contributed by atoms with Crippen LogP contribution >= 0.6 is 0 Å². The maximum atomic E-state index is 12.6. The number of fused-ring (bicyclic) bond motifs is 5. The molecule has 2 saturated carbocycles. The molecule has 0 spiro atoms. The highest BCUT2D eigenvalue weighted by molar-refractivity contribution is 5.89. The van der Waals surface area contributed by atoms with Crippen LogP contribution in [0.3, 0.4) is 0 Å². The second-order valence-corrected chi connectivity index (χ2v) is 8.09. The van der Waals surface area contributed by atoms with Crippen LogP contribution in [0.1, 0.15) is 56.6 Å². The van der Waals surface area contributed by atoms with Gasteiger partial charge in [-0.1, -0.05) is 19.9 Å². The summed E-state index contributed by atoms with van der Waals surface area (Å²) in [5, 5.41) is 9.70. The first-order valence-corrected chi connectivity index (χ1v) is 9.25. The van der Waals surface area contributed by atoms with Gasteiger partial charge >= 0.3 is 0 Å². The van der Waals surface area contributed by atoms with Gasteiger partial charge in [0.25, 0.3) is 6.47 Å². The number of rotatable bonds is 1. The Morgan fingerprint density at radius 1 is 1.32 bits per heavy atom. The average Bonchev–Trinajstić information content (AvgIpc) is 2.85. The summed E-state index contributed by atoms with van der Waals surface area (Å²) in [4.78, 5) is 21.5. The fraction of sp³-hybridized carbons (Fsp3) is 0.619. The van der Waals surface area contributed by atoms with Crippen molar-refractivity contribution in [2.75, 3.05) is 7.11 Å². The van der Waals surface area contributed by atoms with Gasteiger partial charge in [-0.2, -0.15) is 0 Å². The molecule has 5 atom stereocenters. The molecule has 136 valence electrons. The molecule has 5 unspecified atom stereocenters. The molecule has 25 heavy (non-hydrogen) atoms. The first-order chi connectivity index (χ1) is 11.9. The second kappa shape index (κ2) is 6.81. The van der Waals surface area contributed by atoms with E-state index in [-0.39, 0.29) is 11.3 Å². The monoisotopic (exact) mass is 344 g/mol. The van der Waals surface area contributed by atoms with Crippen LogP contribution in [0, 0.1) is 23.2 Å². The number of aryl methyl sites for hydroxylation is 1. The van der Waals surface area contributed by atoms with Crippen LogP contribution in [0.4, 0.5) is 0 Å². The van der Waals surface area contributed by atoms with Crippen molar-refractivity contribution in [2.45, 2.75) is 51.9 Å². The number of carbonyl (C=O) groups excluding carboxylic acids is 2. The summed E-state index contributed by atoms with van der Waals surface area (Å²) in [7, 11) is 1.31. The number of methoxy groups -OCH3 is 1. The van der Waals surface area contributed by atoms with Crippen LogP contribution in [0.15, 0.2) is 18.2 Å². The number of carbonyl (C=O) groups is 2. The van der Waals surface area contributed by atoms with Crippen molar-refractivity contribution in [1.82, 2.24) is 0 Å². The summed E-state index contributed by atoms with van der Waals surface area (Å²) in [6, 6.07) is 5.91. The zero-order valence-corrected chi connectivity index (χ0v) is 15.3. The molecule has 3 aliphatic rings. The van der Waals surface area contributed by atoms with Gasteiger partial charge in [0.2, 0.25) is 0 Å². The fourth-order valence-corrected chi connectivity index (χ4v) is 5.68. The van der Waals surface area contributed by atoms with E-state index in [4.69, 9.17) is 4.79 Å². The van der Waals surface area contributed by atoms with Crippen molar-refractivity contribution >= 4 is 12.3 Å². The Bertz CT molecular complexity index is 668. The lowest BCUT2D eigenvalue weighted by Gasteiger charge is -2.48. The third-order valence-electron chi connectivity index (χ3n) is 6.81. The molecule has 0 amide bonds. The van der Waals surface area contributed by atoms with Crippen molar-refractivity contribution in [3.63, 3.8) is 0 Å². The number of aromatic hydroxyl groups is 1. The highest BCUT2D eigenvalue weighted by Gasteiger charge is 2.56. The van der Waals surface area contributed by atoms with Gasteiger partial charge in [-0.15, -0.1) is 0 Å². The van der Waals surface area contributed by atoms with Crippen LogP contribution in [-0.2, 0) is 20.7 Å². The second-order valence-electron chi connectivity index (χ2n) is 8.09. The Kier molecular flexibility index (Phi) is 4.90. The lowest BCUT2D eigenvalue weighted by molar-refractivity contribution is -0.131. The Balaban J connectivity index is 0.000000415. The highest BCUT2D eigenvalue weighted by Crippen LogP contribution is 2.60. The zero-order valence-electron chi connectivity index (χ0n) is 15.3. The van der Waals surface area contributed by atoms with Crippen LogP contribution in [-0.4, -0.2) is 24.5 Å². The number of hydrogen-bond acceptors (Lipinski definition) is 4. The Hall–Kier alpha value is -1.84. The highest BCUT2D eigenvalue weighted by atomic mass is 16.5. The SMILES string of the molecule is CC1CC2C3CCc4cc(O)ccc4C3CCC2(C)C1=O.COC=O. The van der Waals surface area contributed by atoms with E-state index in [0.29, 0.717) is 35.8 Å². The molecule has 3 aliphatic carbocycles. The quantitative estimate of drug-likeness (QED) is 0.786. The molecule has 0 saturated heterocycles. The number of Topliss-reactive ketones (excluding diaryl/α,β-unsaturated/α-hetero) is 1. The molecule has 0 aromatic heterocycles. The van der Waals surface area contributed by atoms with E-state index in [1.807, 2.05) is 12.1 Å². The van der Waals surface area contributed by atoms with Crippen LogP contribution < -0.4 is 0 Å². The third-order valence-corrected chi connectivity index (χ3v) is 6.81. The number of hydrogen-bond donors (Lipinski definition) is 1. The summed E-state index contributed by atoms with van der Waals surface area (Å²) in [5.74, 6) is 2.99. The average molecular weight is 344 g/mol. The van der Waals surface area contributed by atoms with E-state index in [1.165, 1.54) is 24.7 Å². The minimum Gasteiger partial charge on any atom is -0.508 e. The number of ketones is 1. The van der Waals surface area contributed by atoms with Crippen molar-refractivity contribution in [1.29, 1.82) is 0 Å². The van der Waals surface area contributed by atoms with E-state index in [1.54, 1.807) is 0 Å². The molecule has 2 fully saturated rings. The maximum absolute atomic E-state index is 12.6. The smallest absolute Gasteiger partial charge is 0.292 e. The van der Waals surface area contributed by atoms with Crippen molar-refractivity contribution in [3.8, 4) is 5.75 Å². The molecular formula is C21H28O4.